The number of benzene rings is 1. The second-order valence-electron chi connectivity index (χ2n) is 3.20. The SMILES string of the molecule is NCCC(F)(F)c1cc(O)ccc1[N+](=O)[O-]. The van der Waals surface area contributed by atoms with Crippen LogP contribution in [0.15, 0.2) is 18.2 Å². The van der Waals surface area contributed by atoms with E-state index in [-0.39, 0.29) is 6.54 Å². The minimum absolute atomic E-state index is 0.306. The molecule has 0 saturated carbocycles. The van der Waals surface area contributed by atoms with Crippen molar-refractivity contribution in [2.75, 3.05) is 6.54 Å². The van der Waals surface area contributed by atoms with Crippen LogP contribution in [0.4, 0.5) is 14.5 Å². The van der Waals surface area contributed by atoms with E-state index in [2.05, 4.69) is 0 Å². The normalized spacial score (nSPS) is 11.4. The van der Waals surface area contributed by atoms with E-state index in [1.54, 1.807) is 0 Å². The molecule has 0 atom stereocenters. The fourth-order valence-corrected chi connectivity index (χ4v) is 1.29. The minimum Gasteiger partial charge on any atom is -0.508 e. The zero-order chi connectivity index (χ0) is 12.3. The lowest BCUT2D eigenvalue weighted by Gasteiger charge is -2.15. The Morgan fingerprint density at radius 1 is 1.50 bits per heavy atom. The van der Waals surface area contributed by atoms with Gasteiger partial charge in [-0.05, 0) is 18.7 Å². The van der Waals surface area contributed by atoms with Crippen molar-refractivity contribution in [3.05, 3.63) is 33.9 Å². The quantitative estimate of drug-likeness (QED) is 0.611. The monoisotopic (exact) mass is 232 g/mol. The average molecular weight is 232 g/mol. The van der Waals surface area contributed by atoms with Crippen molar-refractivity contribution >= 4 is 5.69 Å². The molecule has 3 N–H and O–H groups in total. The third kappa shape index (κ3) is 2.43. The van der Waals surface area contributed by atoms with E-state index in [9.17, 15) is 18.9 Å². The molecule has 0 heterocycles. The highest BCUT2D eigenvalue weighted by molar-refractivity contribution is 5.47. The molecule has 0 bridgehead atoms. The Bertz CT molecular complexity index is 410. The van der Waals surface area contributed by atoms with Crippen LogP contribution >= 0.6 is 0 Å². The first-order valence-electron chi connectivity index (χ1n) is 4.44. The van der Waals surface area contributed by atoms with Crippen LogP contribution in [0.3, 0.4) is 0 Å². The Hall–Kier alpha value is -1.76. The summed E-state index contributed by atoms with van der Waals surface area (Å²) in [4.78, 5) is 9.63. The summed E-state index contributed by atoms with van der Waals surface area (Å²) in [6.07, 6.45) is -0.711. The van der Waals surface area contributed by atoms with E-state index in [0.29, 0.717) is 6.07 Å². The summed E-state index contributed by atoms with van der Waals surface area (Å²) in [5.41, 5.74) is 3.46. The molecule has 1 rings (SSSR count). The molecule has 0 spiro atoms. The topological polar surface area (TPSA) is 89.4 Å². The lowest BCUT2D eigenvalue weighted by atomic mass is 10.0. The number of aromatic hydroxyl groups is 1. The fraction of sp³-hybridized carbons (Fsp3) is 0.333. The van der Waals surface area contributed by atoms with E-state index in [1.165, 1.54) is 0 Å². The van der Waals surface area contributed by atoms with Crippen LogP contribution in [0.25, 0.3) is 0 Å². The molecule has 5 nitrogen and oxygen atoms in total. The molecule has 1 aromatic carbocycles. The molecule has 0 radical (unpaired) electrons. The summed E-state index contributed by atoms with van der Waals surface area (Å²) in [6.45, 7) is -0.306. The molecule has 16 heavy (non-hydrogen) atoms. The van der Waals surface area contributed by atoms with Gasteiger partial charge in [-0.1, -0.05) is 0 Å². The molecule has 0 aliphatic rings. The zero-order valence-electron chi connectivity index (χ0n) is 8.19. The number of alkyl halides is 2. The van der Waals surface area contributed by atoms with E-state index in [4.69, 9.17) is 10.8 Å². The summed E-state index contributed by atoms with van der Waals surface area (Å²) in [6, 6.07) is 2.52. The highest BCUT2D eigenvalue weighted by Crippen LogP contribution is 2.38. The van der Waals surface area contributed by atoms with Gasteiger partial charge in [0.05, 0.1) is 4.92 Å². The van der Waals surface area contributed by atoms with Gasteiger partial charge in [0.2, 0.25) is 0 Å². The third-order valence-electron chi connectivity index (χ3n) is 2.03. The molecular weight excluding hydrogens is 222 g/mol. The Morgan fingerprint density at radius 3 is 2.62 bits per heavy atom. The Balaban J connectivity index is 3.29. The summed E-state index contributed by atoms with van der Waals surface area (Å²) in [5.74, 6) is -3.87. The maximum atomic E-state index is 13.5. The van der Waals surface area contributed by atoms with Crippen molar-refractivity contribution < 1.29 is 18.8 Å². The van der Waals surface area contributed by atoms with Gasteiger partial charge in [0.1, 0.15) is 11.3 Å². The van der Waals surface area contributed by atoms with Gasteiger partial charge in [0.15, 0.2) is 0 Å². The number of phenolic OH excluding ortho intramolecular Hbond substituents is 1. The van der Waals surface area contributed by atoms with Crippen LogP contribution in [0.1, 0.15) is 12.0 Å². The predicted molar refractivity (Wildman–Crippen MR) is 52.3 cm³/mol. The van der Waals surface area contributed by atoms with Crippen LogP contribution in [0.5, 0.6) is 5.75 Å². The van der Waals surface area contributed by atoms with Gasteiger partial charge in [0.25, 0.3) is 11.6 Å². The van der Waals surface area contributed by atoms with E-state index >= 15 is 0 Å². The number of rotatable bonds is 4. The number of hydrogen-bond acceptors (Lipinski definition) is 4. The van der Waals surface area contributed by atoms with Gasteiger partial charge in [-0.15, -0.1) is 0 Å². The highest BCUT2D eigenvalue weighted by Gasteiger charge is 2.37. The number of phenols is 1. The molecule has 0 saturated heterocycles. The number of halogens is 2. The smallest absolute Gasteiger partial charge is 0.281 e. The second kappa shape index (κ2) is 4.40. The number of nitrogens with zero attached hydrogens (tertiary/aromatic N) is 1. The second-order valence-corrected chi connectivity index (χ2v) is 3.20. The number of hydrogen-bond donors (Lipinski definition) is 2. The Morgan fingerprint density at radius 2 is 2.12 bits per heavy atom. The first-order valence-corrected chi connectivity index (χ1v) is 4.44. The average Bonchev–Trinajstić information content (AvgIpc) is 2.17. The number of nitrogens with two attached hydrogens (primary N) is 1. The van der Waals surface area contributed by atoms with E-state index < -0.39 is 34.3 Å². The zero-order valence-corrected chi connectivity index (χ0v) is 8.19. The van der Waals surface area contributed by atoms with E-state index in [0.717, 1.165) is 12.1 Å². The maximum Gasteiger partial charge on any atom is 0.281 e. The summed E-state index contributed by atoms with van der Waals surface area (Å²) in [5, 5.41) is 19.6. The standard InChI is InChI=1S/C9H10F2N2O3/c10-9(11,3-4-12)7-5-6(14)1-2-8(7)13(15)16/h1-2,5,14H,3-4,12H2. The Kier molecular flexibility index (Phi) is 3.38. The van der Waals surface area contributed by atoms with Gasteiger partial charge in [-0.25, -0.2) is 8.78 Å². The molecule has 7 heteroatoms. The van der Waals surface area contributed by atoms with Crippen molar-refractivity contribution in [3.8, 4) is 5.75 Å². The number of nitro benzene ring substituents is 1. The van der Waals surface area contributed by atoms with Gasteiger partial charge in [0, 0.05) is 12.5 Å². The lowest BCUT2D eigenvalue weighted by molar-refractivity contribution is -0.387. The molecule has 1 aromatic rings. The molecule has 0 amide bonds. The predicted octanol–water partition coefficient (Wildman–Crippen LogP) is 1.74. The molecule has 0 aliphatic heterocycles. The van der Waals surface area contributed by atoms with Crippen LogP contribution in [0.2, 0.25) is 0 Å². The van der Waals surface area contributed by atoms with Crippen LogP contribution < -0.4 is 5.73 Å². The van der Waals surface area contributed by atoms with Crippen LogP contribution in [-0.2, 0) is 5.92 Å². The van der Waals surface area contributed by atoms with Crippen LogP contribution in [0, 0.1) is 10.1 Å². The van der Waals surface area contributed by atoms with Gasteiger partial charge in [-0.2, -0.15) is 0 Å². The summed E-state index contributed by atoms with van der Waals surface area (Å²) < 4.78 is 26.9. The lowest BCUT2D eigenvalue weighted by Crippen LogP contribution is -2.20. The van der Waals surface area contributed by atoms with Crippen molar-refractivity contribution in [3.63, 3.8) is 0 Å². The van der Waals surface area contributed by atoms with Crippen molar-refractivity contribution in [1.82, 2.24) is 0 Å². The molecule has 0 unspecified atom stereocenters. The van der Waals surface area contributed by atoms with Gasteiger partial charge >= 0.3 is 0 Å². The van der Waals surface area contributed by atoms with Crippen molar-refractivity contribution in [2.45, 2.75) is 12.3 Å². The molecule has 0 fully saturated rings. The molecular formula is C9H10F2N2O3. The maximum absolute atomic E-state index is 13.5. The summed E-state index contributed by atoms with van der Waals surface area (Å²) >= 11 is 0. The highest BCUT2D eigenvalue weighted by atomic mass is 19.3. The van der Waals surface area contributed by atoms with Crippen LogP contribution in [-0.4, -0.2) is 16.6 Å². The van der Waals surface area contributed by atoms with Crippen molar-refractivity contribution in [1.29, 1.82) is 0 Å². The molecule has 0 aliphatic carbocycles. The largest absolute Gasteiger partial charge is 0.508 e. The first kappa shape index (κ1) is 12.3. The molecule has 88 valence electrons. The Labute approximate surface area is 89.6 Å². The summed E-state index contributed by atoms with van der Waals surface area (Å²) in [7, 11) is 0. The van der Waals surface area contributed by atoms with Crippen molar-refractivity contribution in [2.24, 2.45) is 5.73 Å². The van der Waals surface area contributed by atoms with Gasteiger partial charge < -0.3 is 10.8 Å². The van der Waals surface area contributed by atoms with Gasteiger partial charge in [-0.3, -0.25) is 10.1 Å². The third-order valence-corrected chi connectivity index (χ3v) is 2.03. The number of nitro groups is 1. The van der Waals surface area contributed by atoms with E-state index in [1.807, 2.05) is 0 Å². The minimum atomic E-state index is -3.42. The first-order chi connectivity index (χ1) is 7.38. The fourth-order valence-electron chi connectivity index (χ4n) is 1.29. The molecule has 0 aromatic heterocycles.